The van der Waals surface area contributed by atoms with Crippen LogP contribution in [0.15, 0.2) is 103 Å². The van der Waals surface area contributed by atoms with Crippen molar-refractivity contribution in [2.45, 2.75) is 12.8 Å². The zero-order chi connectivity index (χ0) is 25.3. The number of hydrogen-bond donors (Lipinski definition) is 2. The van der Waals surface area contributed by atoms with E-state index in [1.807, 2.05) is 30.3 Å². The van der Waals surface area contributed by atoms with Gasteiger partial charge in [-0.1, -0.05) is 72.3 Å². The Hall–Kier alpha value is -4.29. The maximum atomic E-state index is 13.0. The normalized spacial score (nSPS) is 10.5. The van der Waals surface area contributed by atoms with Crippen LogP contribution in [-0.2, 0) is 6.61 Å². The molecule has 2 amide bonds. The van der Waals surface area contributed by atoms with Crippen LogP contribution in [0.4, 0.5) is 0 Å². The molecule has 0 aromatic heterocycles. The highest BCUT2D eigenvalue weighted by molar-refractivity contribution is 6.31. The molecule has 0 saturated heterocycles. The first-order valence-corrected chi connectivity index (χ1v) is 11.7. The Morgan fingerprint density at radius 2 is 1.31 bits per heavy atom. The number of halogens is 1. The smallest absolute Gasteiger partial charge is 0.253 e. The third kappa shape index (κ3) is 6.23. The molecule has 0 heterocycles. The summed E-state index contributed by atoms with van der Waals surface area (Å²) >= 11 is 6.27. The molecule has 2 N–H and O–H groups in total. The van der Waals surface area contributed by atoms with Crippen LogP contribution in [0.1, 0.15) is 38.0 Å². The number of nitrogens with one attached hydrogen (secondary N) is 2. The fraction of sp³-hybridized carbons (Fsp3) is 0.103. The van der Waals surface area contributed by atoms with Crippen molar-refractivity contribution in [1.82, 2.24) is 10.6 Å². The highest BCUT2D eigenvalue weighted by atomic mass is 35.5. The number of amides is 2. The number of ether oxygens (including phenoxy) is 2. The Morgan fingerprint density at radius 1 is 0.750 bits per heavy atom. The third-order valence-corrected chi connectivity index (χ3v) is 5.85. The van der Waals surface area contributed by atoms with Crippen LogP contribution in [0.5, 0.6) is 11.5 Å². The minimum absolute atomic E-state index is 0.219. The molecule has 0 aliphatic carbocycles. The first-order chi connectivity index (χ1) is 17.5. The van der Waals surface area contributed by atoms with Gasteiger partial charge in [0, 0.05) is 21.7 Å². The van der Waals surface area contributed by atoms with E-state index < -0.39 is 6.17 Å². The van der Waals surface area contributed by atoms with Crippen LogP contribution in [-0.4, -0.2) is 18.9 Å². The first kappa shape index (κ1) is 24.8. The van der Waals surface area contributed by atoms with Crippen molar-refractivity contribution in [1.29, 1.82) is 0 Å². The maximum Gasteiger partial charge on any atom is 0.253 e. The number of rotatable bonds is 9. The summed E-state index contributed by atoms with van der Waals surface area (Å²) in [5.41, 5.74) is 2.37. The van der Waals surface area contributed by atoms with Gasteiger partial charge >= 0.3 is 0 Å². The molecule has 4 aromatic carbocycles. The highest BCUT2D eigenvalue weighted by Gasteiger charge is 2.21. The van der Waals surface area contributed by atoms with Crippen molar-refractivity contribution < 1.29 is 19.1 Å². The van der Waals surface area contributed by atoms with Gasteiger partial charge in [-0.05, 0) is 48.0 Å². The molecular formula is C29H25ClN2O4. The van der Waals surface area contributed by atoms with Crippen molar-refractivity contribution in [2.24, 2.45) is 0 Å². The SMILES string of the molecule is COc1ccc(C(NC(=O)c2ccccc2)NC(=O)c2ccccc2)cc1OCc1ccccc1Cl. The van der Waals surface area contributed by atoms with Gasteiger partial charge in [0.15, 0.2) is 11.5 Å². The summed E-state index contributed by atoms with van der Waals surface area (Å²) in [6.45, 7) is 0.219. The second-order valence-electron chi connectivity index (χ2n) is 7.90. The van der Waals surface area contributed by atoms with E-state index >= 15 is 0 Å². The molecule has 0 radical (unpaired) electrons. The van der Waals surface area contributed by atoms with Gasteiger partial charge in [0.05, 0.1) is 7.11 Å². The molecule has 6 nitrogen and oxygen atoms in total. The van der Waals surface area contributed by atoms with Crippen LogP contribution >= 0.6 is 11.6 Å². The van der Waals surface area contributed by atoms with Gasteiger partial charge in [-0.2, -0.15) is 0 Å². The lowest BCUT2D eigenvalue weighted by molar-refractivity contribution is 0.0883. The molecule has 0 aliphatic rings. The molecule has 0 fully saturated rings. The molecule has 182 valence electrons. The van der Waals surface area contributed by atoms with Crippen LogP contribution in [0.3, 0.4) is 0 Å². The molecule has 36 heavy (non-hydrogen) atoms. The number of carbonyl (C=O) groups excluding carboxylic acids is 2. The lowest BCUT2D eigenvalue weighted by Gasteiger charge is -2.22. The van der Waals surface area contributed by atoms with E-state index in [-0.39, 0.29) is 18.4 Å². The Kier molecular flexibility index (Phi) is 8.21. The first-order valence-electron chi connectivity index (χ1n) is 11.3. The van der Waals surface area contributed by atoms with Crippen molar-refractivity contribution in [3.63, 3.8) is 0 Å². The lowest BCUT2D eigenvalue weighted by atomic mass is 10.1. The van der Waals surface area contributed by atoms with Crippen molar-refractivity contribution in [3.8, 4) is 11.5 Å². The van der Waals surface area contributed by atoms with E-state index in [0.717, 1.165) is 5.56 Å². The Bertz CT molecular complexity index is 1280. The van der Waals surface area contributed by atoms with E-state index in [1.54, 1.807) is 79.9 Å². The van der Waals surface area contributed by atoms with E-state index in [0.29, 0.717) is 33.2 Å². The average molecular weight is 501 g/mol. The van der Waals surface area contributed by atoms with Crippen LogP contribution in [0.2, 0.25) is 5.02 Å². The van der Waals surface area contributed by atoms with Gasteiger partial charge in [0.2, 0.25) is 0 Å². The van der Waals surface area contributed by atoms with Gasteiger partial charge in [0.1, 0.15) is 12.8 Å². The summed E-state index contributed by atoms with van der Waals surface area (Å²) in [6.07, 6.45) is -0.834. The van der Waals surface area contributed by atoms with E-state index in [9.17, 15) is 9.59 Å². The molecule has 0 bridgehead atoms. The quantitative estimate of drug-likeness (QED) is 0.285. The van der Waals surface area contributed by atoms with Gasteiger partial charge < -0.3 is 20.1 Å². The Labute approximate surface area is 214 Å². The summed E-state index contributed by atoms with van der Waals surface area (Å²) in [5.74, 6) is 0.294. The Balaban J connectivity index is 1.62. The van der Waals surface area contributed by atoms with Crippen molar-refractivity contribution in [3.05, 3.63) is 130 Å². The zero-order valence-electron chi connectivity index (χ0n) is 19.6. The third-order valence-electron chi connectivity index (χ3n) is 5.48. The van der Waals surface area contributed by atoms with E-state index in [4.69, 9.17) is 21.1 Å². The predicted molar refractivity (Wildman–Crippen MR) is 139 cm³/mol. The maximum absolute atomic E-state index is 13.0. The number of carbonyl (C=O) groups is 2. The largest absolute Gasteiger partial charge is 0.493 e. The molecule has 0 aliphatic heterocycles. The van der Waals surface area contributed by atoms with Crippen LogP contribution in [0.25, 0.3) is 0 Å². The molecule has 4 rings (SSSR count). The topological polar surface area (TPSA) is 76.7 Å². The number of methoxy groups -OCH3 is 1. The van der Waals surface area contributed by atoms with Crippen molar-refractivity contribution >= 4 is 23.4 Å². The fourth-order valence-electron chi connectivity index (χ4n) is 3.57. The summed E-state index contributed by atoms with van der Waals surface area (Å²) in [6, 6.07) is 30.2. The monoisotopic (exact) mass is 500 g/mol. The second kappa shape index (κ2) is 11.9. The second-order valence-corrected chi connectivity index (χ2v) is 8.31. The lowest BCUT2D eigenvalue weighted by Crippen LogP contribution is -2.41. The van der Waals surface area contributed by atoms with Crippen LogP contribution < -0.4 is 20.1 Å². The van der Waals surface area contributed by atoms with Crippen molar-refractivity contribution in [2.75, 3.05) is 7.11 Å². The van der Waals surface area contributed by atoms with Gasteiger partial charge in [-0.15, -0.1) is 0 Å². The summed E-state index contributed by atoms with van der Waals surface area (Å²) in [5, 5.41) is 6.41. The highest BCUT2D eigenvalue weighted by Crippen LogP contribution is 2.31. The summed E-state index contributed by atoms with van der Waals surface area (Å²) in [4.78, 5) is 25.9. The standard InChI is InChI=1S/C29H25ClN2O4/c1-35-25-17-16-22(18-26(25)36-19-23-14-8-9-15-24(23)30)27(31-28(33)20-10-4-2-5-11-20)32-29(34)21-12-6-3-7-13-21/h2-18,27H,19H2,1H3,(H,31,33)(H,32,34). The zero-order valence-corrected chi connectivity index (χ0v) is 20.4. The van der Waals surface area contributed by atoms with Gasteiger partial charge in [0.25, 0.3) is 11.8 Å². The fourth-order valence-corrected chi connectivity index (χ4v) is 3.76. The minimum Gasteiger partial charge on any atom is -0.493 e. The molecular weight excluding hydrogens is 476 g/mol. The van der Waals surface area contributed by atoms with Gasteiger partial charge in [-0.3, -0.25) is 9.59 Å². The van der Waals surface area contributed by atoms with Gasteiger partial charge in [-0.25, -0.2) is 0 Å². The molecule has 0 atom stereocenters. The van der Waals surface area contributed by atoms with E-state index in [2.05, 4.69) is 10.6 Å². The van der Waals surface area contributed by atoms with E-state index in [1.165, 1.54) is 0 Å². The number of hydrogen-bond acceptors (Lipinski definition) is 4. The average Bonchev–Trinajstić information content (AvgIpc) is 2.93. The number of benzene rings is 4. The summed E-state index contributed by atoms with van der Waals surface area (Å²) < 4.78 is 11.5. The molecule has 0 unspecified atom stereocenters. The molecule has 0 spiro atoms. The molecule has 7 heteroatoms. The summed E-state index contributed by atoms with van der Waals surface area (Å²) in [7, 11) is 1.54. The predicted octanol–water partition coefficient (Wildman–Crippen LogP) is 5.79. The van der Waals surface area contributed by atoms with Crippen LogP contribution in [0, 0.1) is 0 Å². The molecule has 0 saturated carbocycles. The Morgan fingerprint density at radius 3 is 1.86 bits per heavy atom. The minimum atomic E-state index is -0.834. The molecule has 4 aromatic rings.